The number of carbonyl (C=O) groups excluding carboxylic acids is 2. The summed E-state index contributed by atoms with van der Waals surface area (Å²) in [5.74, 6) is 0.491. The maximum atomic E-state index is 11.9. The van der Waals surface area contributed by atoms with E-state index in [1.54, 1.807) is 0 Å². The van der Waals surface area contributed by atoms with Gasteiger partial charge in [-0.25, -0.2) is 0 Å². The van der Waals surface area contributed by atoms with Gasteiger partial charge in [0.25, 0.3) is 0 Å². The minimum atomic E-state index is 0.0785. The molecule has 5 heteroatoms. The van der Waals surface area contributed by atoms with Gasteiger partial charge in [0.2, 0.25) is 11.8 Å². The predicted octanol–water partition coefficient (Wildman–Crippen LogP) is 0.289. The van der Waals surface area contributed by atoms with Gasteiger partial charge < -0.3 is 16.4 Å². The fourth-order valence-electron chi connectivity index (χ4n) is 2.87. The summed E-state index contributed by atoms with van der Waals surface area (Å²) in [6.07, 6.45) is 6.26. The minimum Gasteiger partial charge on any atom is -0.354 e. The normalized spacial score (nSPS) is 32.7. The highest BCUT2D eigenvalue weighted by Gasteiger charge is 2.26. The number of hydrogen-bond donors (Lipinski definition) is 3. The van der Waals surface area contributed by atoms with E-state index in [9.17, 15) is 9.59 Å². The Morgan fingerprint density at radius 2 is 2.11 bits per heavy atom. The molecule has 0 radical (unpaired) electrons. The minimum absolute atomic E-state index is 0.0785. The van der Waals surface area contributed by atoms with Gasteiger partial charge in [-0.15, -0.1) is 0 Å². The number of rotatable bonds is 3. The molecular weight excluding hydrogens is 230 g/mol. The number of piperidine rings is 1. The van der Waals surface area contributed by atoms with Crippen LogP contribution in [0.1, 0.15) is 44.9 Å². The molecule has 0 aromatic heterocycles. The van der Waals surface area contributed by atoms with Crippen molar-refractivity contribution in [2.75, 3.05) is 6.54 Å². The Bertz CT molecular complexity index is 309. The number of carbonyl (C=O) groups is 2. The largest absolute Gasteiger partial charge is 0.354 e. The molecule has 3 atom stereocenters. The molecule has 2 aliphatic rings. The lowest BCUT2D eigenvalue weighted by molar-refractivity contribution is -0.126. The Kier molecular flexibility index (Phi) is 4.58. The molecule has 1 heterocycles. The molecule has 18 heavy (non-hydrogen) atoms. The van der Waals surface area contributed by atoms with Gasteiger partial charge in [0.15, 0.2) is 0 Å². The van der Waals surface area contributed by atoms with Crippen molar-refractivity contribution < 1.29 is 9.59 Å². The van der Waals surface area contributed by atoms with Crippen LogP contribution < -0.4 is 16.4 Å². The van der Waals surface area contributed by atoms with Gasteiger partial charge in [-0.1, -0.05) is 12.8 Å². The van der Waals surface area contributed by atoms with E-state index in [2.05, 4.69) is 10.6 Å². The summed E-state index contributed by atoms with van der Waals surface area (Å²) in [6.45, 7) is 0.557. The van der Waals surface area contributed by atoms with Crippen molar-refractivity contribution in [3.05, 3.63) is 0 Å². The Labute approximate surface area is 108 Å². The maximum Gasteiger partial charge on any atom is 0.220 e. The summed E-state index contributed by atoms with van der Waals surface area (Å²) >= 11 is 0. The SMILES string of the molecule is NC1CCCCC1CC(=O)NC1CCC(=O)NC1. The van der Waals surface area contributed by atoms with Gasteiger partial charge in [0.1, 0.15) is 0 Å². The first-order chi connectivity index (χ1) is 8.65. The average Bonchev–Trinajstić information content (AvgIpc) is 2.35. The molecule has 1 saturated heterocycles. The van der Waals surface area contributed by atoms with Gasteiger partial charge in [-0.05, 0) is 25.2 Å². The van der Waals surface area contributed by atoms with Crippen LogP contribution in [0.3, 0.4) is 0 Å². The molecule has 2 fully saturated rings. The molecule has 3 unspecified atom stereocenters. The second kappa shape index (κ2) is 6.18. The zero-order valence-electron chi connectivity index (χ0n) is 10.8. The third-order valence-corrected chi connectivity index (χ3v) is 4.05. The fraction of sp³-hybridized carbons (Fsp3) is 0.846. The van der Waals surface area contributed by atoms with Crippen molar-refractivity contribution in [2.45, 2.75) is 57.0 Å². The van der Waals surface area contributed by atoms with Crippen LogP contribution in [0.2, 0.25) is 0 Å². The average molecular weight is 253 g/mol. The van der Waals surface area contributed by atoms with Crippen molar-refractivity contribution in [3.63, 3.8) is 0 Å². The Balaban J connectivity index is 1.72. The molecule has 1 aliphatic carbocycles. The van der Waals surface area contributed by atoms with Crippen molar-refractivity contribution >= 4 is 11.8 Å². The molecular formula is C13H23N3O2. The van der Waals surface area contributed by atoms with E-state index in [-0.39, 0.29) is 23.9 Å². The highest BCUT2D eigenvalue weighted by molar-refractivity contribution is 5.79. The predicted molar refractivity (Wildman–Crippen MR) is 68.7 cm³/mol. The summed E-state index contributed by atoms with van der Waals surface area (Å²) < 4.78 is 0. The van der Waals surface area contributed by atoms with Crippen LogP contribution in [-0.2, 0) is 9.59 Å². The second-order valence-corrected chi connectivity index (χ2v) is 5.52. The fourth-order valence-corrected chi connectivity index (χ4v) is 2.87. The van der Waals surface area contributed by atoms with Gasteiger partial charge in [0, 0.05) is 31.5 Å². The standard InChI is InChI=1S/C13H23N3O2/c14-11-4-2-1-3-9(11)7-13(18)16-10-5-6-12(17)15-8-10/h9-11H,1-8,14H2,(H,15,17)(H,16,18). The molecule has 0 bridgehead atoms. The lowest BCUT2D eigenvalue weighted by Crippen LogP contribution is -2.48. The first-order valence-electron chi connectivity index (χ1n) is 6.97. The third-order valence-electron chi connectivity index (χ3n) is 4.05. The number of nitrogens with two attached hydrogens (primary N) is 1. The highest BCUT2D eigenvalue weighted by atomic mass is 16.2. The zero-order valence-corrected chi connectivity index (χ0v) is 10.8. The Morgan fingerprint density at radius 1 is 1.33 bits per heavy atom. The third kappa shape index (κ3) is 3.70. The quantitative estimate of drug-likeness (QED) is 0.676. The van der Waals surface area contributed by atoms with E-state index in [0.717, 1.165) is 19.3 Å². The van der Waals surface area contributed by atoms with Crippen LogP contribution in [0.5, 0.6) is 0 Å². The molecule has 4 N–H and O–H groups in total. The molecule has 0 aromatic rings. The Morgan fingerprint density at radius 3 is 2.78 bits per heavy atom. The van der Waals surface area contributed by atoms with Gasteiger partial charge in [-0.2, -0.15) is 0 Å². The summed E-state index contributed by atoms with van der Waals surface area (Å²) in [4.78, 5) is 22.9. The van der Waals surface area contributed by atoms with Crippen molar-refractivity contribution in [1.82, 2.24) is 10.6 Å². The van der Waals surface area contributed by atoms with Gasteiger partial charge in [0.05, 0.1) is 0 Å². The Hall–Kier alpha value is -1.10. The number of amides is 2. The van der Waals surface area contributed by atoms with E-state index < -0.39 is 0 Å². The van der Waals surface area contributed by atoms with E-state index >= 15 is 0 Å². The van der Waals surface area contributed by atoms with Crippen molar-refractivity contribution in [3.8, 4) is 0 Å². The molecule has 0 aromatic carbocycles. The lowest BCUT2D eigenvalue weighted by atomic mass is 9.83. The van der Waals surface area contributed by atoms with Crippen LogP contribution in [0.25, 0.3) is 0 Å². The molecule has 5 nitrogen and oxygen atoms in total. The highest BCUT2D eigenvalue weighted by Crippen LogP contribution is 2.25. The second-order valence-electron chi connectivity index (χ2n) is 5.52. The molecule has 0 spiro atoms. The molecule has 2 rings (SSSR count). The molecule has 1 saturated carbocycles. The lowest BCUT2D eigenvalue weighted by Gasteiger charge is -2.29. The zero-order chi connectivity index (χ0) is 13.0. The summed E-state index contributed by atoms with van der Waals surface area (Å²) in [5.41, 5.74) is 6.04. The monoisotopic (exact) mass is 253 g/mol. The summed E-state index contributed by atoms with van der Waals surface area (Å²) in [6, 6.07) is 0.269. The summed E-state index contributed by atoms with van der Waals surface area (Å²) in [7, 11) is 0. The van der Waals surface area contributed by atoms with E-state index in [4.69, 9.17) is 5.73 Å². The summed E-state index contributed by atoms with van der Waals surface area (Å²) in [5, 5.41) is 5.77. The van der Waals surface area contributed by atoms with Gasteiger partial charge in [-0.3, -0.25) is 9.59 Å². The first-order valence-corrected chi connectivity index (χ1v) is 6.97. The smallest absolute Gasteiger partial charge is 0.220 e. The number of hydrogen-bond acceptors (Lipinski definition) is 3. The van der Waals surface area contributed by atoms with Gasteiger partial charge >= 0.3 is 0 Å². The van der Waals surface area contributed by atoms with Crippen LogP contribution in [-0.4, -0.2) is 30.4 Å². The van der Waals surface area contributed by atoms with Crippen molar-refractivity contribution in [2.24, 2.45) is 11.7 Å². The topological polar surface area (TPSA) is 84.2 Å². The van der Waals surface area contributed by atoms with E-state index in [0.29, 0.717) is 25.3 Å². The van der Waals surface area contributed by atoms with E-state index in [1.807, 2.05) is 0 Å². The van der Waals surface area contributed by atoms with Crippen LogP contribution in [0, 0.1) is 5.92 Å². The van der Waals surface area contributed by atoms with Crippen LogP contribution in [0.4, 0.5) is 0 Å². The van der Waals surface area contributed by atoms with E-state index in [1.165, 1.54) is 12.8 Å². The molecule has 2 amide bonds. The number of nitrogens with one attached hydrogen (secondary N) is 2. The maximum absolute atomic E-state index is 11.9. The van der Waals surface area contributed by atoms with Crippen LogP contribution >= 0.6 is 0 Å². The van der Waals surface area contributed by atoms with Crippen molar-refractivity contribution in [1.29, 1.82) is 0 Å². The molecule has 102 valence electrons. The van der Waals surface area contributed by atoms with Crippen LogP contribution in [0.15, 0.2) is 0 Å². The molecule has 1 aliphatic heterocycles. The first kappa shape index (κ1) is 13.3.